The molecule has 2 heteroatoms. The lowest BCUT2D eigenvalue weighted by molar-refractivity contribution is 0.113. The average Bonchev–Trinajstić information content (AvgIpc) is 2.96. The number of piperazine rings is 1. The van der Waals surface area contributed by atoms with Crippen LogP contribution >= 0.6 is 0 Å². The molecule has 2 fully saturated rings. The van der Waals surface area contributed by atoms with Crippen LogP contribution < -0.4 is 5.32 Å². The van der Waals surface area contributed by atoms with Crippen molar-refractivity contribution in [2.45, 2.75) is 51.6 Å². The molecule has 2 unspecified atom stereocenters. The standard InChI is InChI=1S/C12H24N2/c1-4-12(5-2)9-14(7-6-13-12)11-8-10(11)3/h10-11,13H,4-9H2,1-3H3. The van der Waals surface area contributed by atoms with Crippen molar-refractivity contribution < 1.29 is 0 Å². The van der Waals surface area contributed by atoms with Gasteiger partial charge in [-0.05, 0) is 25.2 Å². The molecule has 1 saturated carbocycles. The molecule has 2 aliphatic rings. The molecule has 1 heterocycles. The zero-order valence-corrected chi connectivity index (χ0v) is 9.84. The van der Waals surface area contributed by atoms with E-state index in [0.29, 0.717) is 5.54 Å². The van der Waals surface area contributed by atoms with E-state index in [1.165, 1.54) is 38.9 Å². The second-order valence-corrected chi connectivity index (χ2v) is 5.17. The maximum atomic E-state index is 3.72. The molecular formula is C12H24N2. The Labute approximate surface area is 88.1 Å². The summed E-state index contributed by atoms with van der Waals surface area (Å²) in [5.74, 6) is 0.958. The fraction of sp³-hybridized carbons (Fsp3) is 1.00. The Balaban J connectivity index is 1.95. The first-order valence-electron chi connectivity index (χ1n) is 6.20. The van der Waals surface area contributed by atoms with E-state index in [4.69, 9.17) is 0 Å². The van der Waals surface area contributed by atoms with E-state index in [1.807, 2.05) is 0 Å². The number of hydrogen-bond donors (Lipinski definition) is 1. The van der Waals surface area contributed by atoms with Gasteiger partial charge in [-0.25, -0.2) is 0 Å². The van der Waals surface area contributed by atoms with Crippen LogP contribution in [0.15, 0.2) is 0 Å². The summed E-state index contributed by atoms with van der Waals surface area (Å²) < 4.78 is 0. The Morgan fingerprint density at radius 1 is 1.36 bits per heavy atom. The maximum Gasteiger partial charge on any atom is 0.0304 e. The molecule has 14 heavy (non-hydrogen) atoms. The van der Waals surface area contributed by atoms with Gasteiger partial charge in [0.25, 0.3) is 0 Å². The molecule has 82 valence electrons. The van der Waals surface area contributed by atoms with Crippen LogP contribution in [0.3, 0.4) is 0 Å². The van der Waals surface area contributed by atoms with Crippen LogP contribution in [0.4, 0.5) is 0 Å². The SMILES string of the molecule is CCC1(CC)CN(C2CC2C)CCN1. The lowest BCUT2D eigenvalue weighted by Gasteiger charge is -2.43. The van der Waals surface area contributed by atoms with Gasteiger partial charge >= 0.3 is 0 Å². The third kappa shape index (κ3) is 1.82. The number of nitrogens with one attached hydrogen (secondary N) is 1. The number of nitrogens with zero attached hydrogens (tertiary/aromatic N) is 1. The quantitative estimate of drug-likeness (QED) is 0.741. The van der Waals surface area contributed by atoms with Gasteiger partial charge in [0.05, 0.1) is 0 Å². The minimum Gasteiger partial charge on any atom is -0.309 e. The van der Waals surface area contributed by atoms with Crippen molar-refractivity contribution in [3.8, 4) is 0 Å². The molecule has 0 aromatic carbocycles. The summed E-state index contributed by atoms with van der Waals surface area (Å²) in [7, 11) is 0. The predicted octanol–water partition coefficient (Wildman–Crippen LogP) is 1.86. The molecule has 0 bridgehead atoms. The summed E-state index contributed by atoms with van der Waals surface area (Å²) >= 11 is 0. The van der Waals surface area contributed by atoms with E-state index >= 15 is 0 Å². The molecule has 0 aromatic rings. The van der Waals surface area contributed by atoms with Crippen LogP contribution in [-0.4, -0.2) is 36.1 Å². The van der Waals surface area contributed by atoms with Crippen LogP contribution in [0.5, 0.6) is 0 Å². The third-order valence-corrected chi connectivity index (χ3v) is 4.29. The molecule has 0 aromatic heterocycles. The summed E-state index contributed by atoms with van der Waals surface area (Å²) in [6, 6.07) is 0.912. The van der Waals surface area contributed by atoms with Gasteiger partial charge < -0.3 is 5.32 Å². The molecule has 2 rings (SSSR count). The van der Waals surface area contributed by atoms with E-state index in [0.717, 1.165) is 12.0 Å². The van der Waals surface area contributed by atoms with Crippen molar-refractivity contribution in [2.24, 2.45) is 5.92 Å². The van der Waals surface area contributed by atoms with Gasteiger partial charge in [-0.3, -0.25) is 4.90 Å². The summed E-state index contributed by atoms with van der Waals surface area (Å²) in [6.07, 6.45) is 3.96. The highest BCUT2D eigenvalue weighted by Gasteiger charge is 2.42. The van der Waals surface area contributed by atoms with Gasteiger partial charge in [-0.2, -0.15) is 0 Å². The van der Waals surface area contributed by atoms with Crippen LogP contribution in [0, 0.1) is 5.92 Å². The number of hydrogen-bond acceptors (Lipinski definition) is 2. The Morgan fingerprint density at radius 3 is 2.50 bits per heavy atom. The van der Waals surface area contributed by atoms with Gasteiger partial charge in [0.1, 0.15) is 0 Å². The highest BCUT2D eigenvalue weighted by Crippen LogP contribution is 2.37. The van der Waals surface area contributed by atoms with Crippen LogP contribution in [0.25, 0.3) is 0 Å². The van der Waals surface area contributed by atoms with E-state index < -0.39 is 0 Å². The monoisotopic (exact) mass is 196 g/mol. The zero-order valence-electron chi connectivity index (χ0n) is 9.84. The van der Waals surface area contributed by atoms with E-state index in [1.54, 1.807) is 0 Å². The molecular weight excluding hydrogens is 172 g/mol. The smallest absolute Gasteiger partial charge is 0.0304 e. The molecule has 2 atom stereocenters. The van der Waals surface area contributed by atoms with Crippen LogP contribution in [0.1, 0.15) is 40.0 Å². The van der Waals surface area contributed by atoms with Crippen molar-refractivity contribution in [3.05, 3.63) is 0 Å². The lowest BCUT2D eigenvalue weighted by atomic mass is 9.90. The van der Waals surface area contributed by atoms with Gasteiger partial charge in [0, 0.05) is 31.2 Å². The summed E-state index contributed by atoms with van der Waals surface area (Å²) in [6.45, 7) is 10.7. The van der Waals surface area contributed by atoms with E-state index in [9.17, 15) is 0 Å². The largest absolute Gasteiger partial charge is 0.309 e. The topological polar surface area (TPSA) is 15.3 Å². The molecule has 0 radical (unpaired) electrons. The van der Waals surface area contributed by atoms with Crippen molar-refractivity contribution in [2.75, 3.05) is 19.6 Å². The predicted molar refractivity (Wildman–Crippen MR) is 60.5 cm³/mol. The summed E-state index contributed by atoms with van der Waals surface area (Å²) in [5, 5.41) is 3.72. The fourth-order valence-electron chi connectivity index (χ4n) is 2.81. The molecule has 2 nitrogen and oxygen atoms in total. The minimum absolute atomic E-state index is 0.417. The van der Waals surface area contributed by atoms with Crippen molar-refractivity contribution in [1.82, 2.24) is 10.2 Å². The Hall–Kier alpha value is -0.0800. The maximum absolute atomic E-state index is 3.72. The van der Waals surface area contributed by atoms with Gasteiger partial charge in [0.2, 0.25) is 0 Å². The van der Waals surface area contributed by atoms with Crippen LogP contribution in [0.2, 0.25) is 0 Å². The van der Waals surface area contributed by atoms with Gasteiger partial charge in [-0.1, -0.05) is 20.8 Å². The van der Waals surface area contributed by atoms with Crippen molar-refractivity contribution in [3.63, 3.8) is 0 Å². The normalized spacial score (nSPS) is 37.1. The summed E-state index contributed by atoms with van der Waals surface area (Å²) in [5.41, 5.74) is 0.417. The van der Waals surface area contributed by atoms with Crippen LogP contribution in [-0.2, 0) is 0 Å². The molecule has 0 amide bonds. The molecule has 0 spiro atoms. The third-order valence-electron chi connectivity index (χ3n) is 4.29. The van der Waals surface area contributed by atoms with E-state index in [2.05, 4.69) is 31.0 Å². The van der Waals surface area contributed by atoms with Gasteiger partial charge in [0.15, 0.2) is 0 Å². The first-order chi connectivity index (χ1) is 6.71. The first-order valence-corrected chi connectivity index (χ1v) is 6.20. The Bertz CT molecular complexity index is 198. The van der Waals surface area contributed by atoms with Crippen molar-refractivity contribution >= 4 is 0 Å². The molecule has 1 N–H and O–H groups in total. The molecule has 1 aliphatic carbocycles. The highest BCUT2D eigenvalue weighted by atomic mass is 15.3. The zero-order chi connectivity index (χ0) is 10.2. The first kappa shape index (κ1) is 10.4. The summed E-state index contributed by atoms with van der Waals surface area (Å²) in [4.78, 5) is 2.72. The second-order valence-electron chi connectivity index (χ2n) is 5.17. The molecule has 1 saturated heterocycles. The highest BCUT2D eigenvalue weighted by molar-refractivity contribution is 5.00. The lowest BCUT2D eigenvalue weighted by Crippen LogP contribution is -2.60. The Morgan fingerprint density at radius 2 is 2.00 bits per heavy atom. The fourth-order valence-corrected chi connectivity index (χ4v) is 2.81. The minimum atomic E-state index is 0.417. The average molecular weight is 196 g/mol. The van der Waals surface area contributed by atoms with E-state index in [-0.39, 0.29) is 0 Å². The molecule has 1 aliphatic heterocycles. The number of rotatable bonds is 3. The van der Waals surface area contributed by atoms with Crippen molar-refractivity contribution in [1.29, 1.82) is 0 Å². The second kappa shape index (κ2) is 3.82. The Kier molecular flexibility index (Phi) is 2.85. The van der Waals surface area contributed by atoms with Gasteiger partial charge in [-0.15, -0.1) is 0 Å².